The summed E-state index contributed by atoms with van der Waals surface area (Å²) in [6.45, 7) is 0.141. The van der Waals surface area contributed by atoms with Gasteiger partial charge in [-0.15, -0.1) is 0 Å². The molecule has 90 valence electrons. The number of Topliss-reactive ketones (excluding diaryl/α,β-unsaturated/α-hetero) is 1. The van der Waals surface area contributed by atoms with Gasteiger partial charge < -0.3 is 9.47 Å². The summed E-state index contributed by atoms with van der Waals surface area (Å²) in [5.74, 6) is -0.837. The third-order valence-electron chi connectivity index (χ3n) is 2.81. The fraction of sp³-hybridized carbons (Fsp3) is 0.333. The number of hydrogen-bond acceptors (Lipinski definition) is 4. The van der Waals surface area contributed by atoms with E-state index in [9.17, 15) is 9.59 Å². The number of carbonyl (C=O) groups excluding carboxylic acids is 2. The number of hydrogen-bond donors (Lipinski definition) is 0. The fourth-order valence-corrected chi connectivity index (χ4v) is 1.85. The maximum Gasteiger partial charge on any atom is 0.324 e. The van der Waals surface area contributed by atoms with E-state index in [0.717, 1.165) is 0 Å². The summed E-state index contributed by atoms with van der Waals surface area (Å²) < 4.78 is 9.64. The lowest BCUT2D eigenvalue weighted by Crippen LogP contribution is -2.55. The van der Waals surface area contributed by atoms with E-state index < -0.39 is 11.4 Å². The van der Waals surface area contributed by atoms with Crippen LogP contribution >= 0.6 is 11.6 Å². The quantitative estimate of drug-likeness (QED) is 0.468. The van der Waals surface area contributed by atoms with Gasteiger partial charge in [-0.2, -0.15) is 0 Å². The van der Waals surface area contributed by atoms with Crippen LogP contribution in [0.25, 0.3) is 0 Å². The first-order valence-electron chi connectivity index (χ1n) is 5.07. The van der Waals surface area contributed by atoms with Crippen LogP contribution < -0.4 is 0 Å². The zero-order valence-corrected chi connectivity index (χ0v) is 9.99. The van der Waals surface area contributed by atoms with Crippen LogP contribution in [0.2, 0.25) is 5.02 Å². The summed E-state index contributed by atoms with van der Waals surface area (Å²) >= 11 is 5.74. The summed E-state index contributed by atoms with van der Waals surface area (Å²) in [7, 11) is 1.26. The van der Waals surface area contributed by atoms with Gasteiger partial charge in [-0.3, -0.25) is 9.59 Å². The lowest BCUT2D eigenvalue weighted by atomic mass is 9.78. The molecule has 0 unspecified atom stereocenters. The van der Waals surface area contributed by atoms with E-state index in [4.69, 9.17) is 16.3 Å². The Labute approximate surface area is 103 Å². The van der Waals surface area contributed by atoms with Gasteiger partial charge in [0.05, 0.1) is 20.3 Å². The number of ether oxygens (including phenoxy) is 2. The molecular weight excluding hydrogens is 244 g/mol. The average molecular weight is 255 g/mol. The summed E-state index contributed by atoms with van der Waals surface area (Å²) in [6, 6.07) is 6.40. The molecule has 2 rings (SSSR count). The molecule has 4 nitrogen and oxygen atoms in total. The van der Waals surface area contributed by atoms with E-state index >= 15 is 0 Å². The van der Waals surface area contributed by atoms with Gasteiger partial charge in [0, 0.05) is 10.6 Å². The Hall–Kier alpha value is -1.39. The predicted octanol–water partition coefficient (Wildman–Crippen LogP) is 1.71. The highest BCUT2D eigenvalue weighted by Crippen LogP contribution is 2.33. The molecule has 1 fully saturated rings. The zero-order chi connectivity index (χ0) is 12.5. The molecule has 1 aromatic rings. The third-order valence-corrected chi connectivity index (χ3v) is 3.07. The fourth-order valence-electron chi connectivity index (χ4n) is 1.72. The van der Waals surface area contributed by atoms with E-state index in [1.165, 1.54) is 7.11 Å². The second kappa shape index (κ2) is 4.47. The molecule has 0 saturated carbocycles. The van der Waals surface area contributed by atoms with Crippen LogP contribution in [0, 0.1) is 5.41 Å². The monoisotopic (exact) mass is 254 g/mol. The molecule has 0 radical (unpaired) electrons. The van der Waals surface area contributed by atoms with Crippen molar-refractivity contribution in [3.05, 3.63) is 34.9 Å². The van der Waals surface area contributed by atoms with Crippen molar-refractivity contribution in [3.63, 3.8) is 0 Å². The Kier molecular flexibility index (Phi) is 3.17. The van der Waals surface area contributed by atoms with Crippen molar-refractivity contribution in [1.82, 2.24) is 0 Å². The molecular formula is C12H11ClO4. The van der Waals surface area contributed by atoms with E-state index in [1.807, 2.05) is 0 Å². The molecule has 0 N–H and O–H groups in total. The van der Waals surface area contributed by atoms with Gasteiger partial charge in [-0.05, 0) is 24.3 Å². The maximum absolute atomic E-state index is 12.2. The largest absolute Gasteiger partial charge is 0.468 e. The topological polar surface area (TPSA) is 52.6 Å². The Morgan fingerprint density at radius 3 is 2.29 bits per heavy atom. The van der Waals surface area contributed by atoms with Crippen LogP contribution in [-0.2, 0) is 14.3 Å². The van der Waals surface area contributed by atoms with Crippen molar-refractivity contribution in [2.24, 2.45) is 5.41 Å². The number of rotatable bonds is 3. The normalized spacial score (nSPS) is 17.1. The van der Waals surface area contributed by atoms with Gasteiger partial charge in [-0.1, -0.05) is 11.6 Å². The molecule has 0 spiro atoms. The number of carbonyl (C=O) groups is 2. The van der Waals surface area contributed by atoms with Crippen LogP contribution in [0.5, 0.6) is 0 Å². The first-order chi connectivity index (χ1) is 8.10. The predicted molar refractivity (Wildman–Crippen MR) is 61.1 cm³/mol. The van der Waals surface area contributed by atoms with Crippen molar-refractivity contribution in [3.8, 4) is 0 Å². The van der Waals surface area contributed by atoms with Gasteiger partial charge in [0.2, 0.25) is 0 Å². The molecule has 5 heteroatoms. The summed E-state index contributed by atoms with van der Waals surface area (Å²) in [4.78, 5) is 23.9. The lowest BCUT2D eigenvalue weighted by molar-refractivity contribution is -0.172. The second-order valence-corrected chi connectivity index (χ2v) is 4.34. The molecule has 0 aromatic heterocycles. The van der Waals surface area contributed by atoms with Gasteiger partial charge in [0.1, 0.15) is 0 Å². The third kappa shape index (κ3) is 1.94. The molecule has 1 aliphatic rings. The Morgan fingerprint density at radius 1 is 1.29 bits per heavy atom. The Bertz CT molecular complexity index is 448. The Balaban J connectivity index is 2.29. The second-order valence-electron chi connectivity index (χ2n) is 3.90. The first kappa shape index (κ1) is 12.1. The van der Waals surface area contributed by atoms with Gasteiger partial charge in [-0.25, -0.2) is 0 Å². The van der Waals surface area contributed by atoms with Gasteiger partial charge >= 0.3 is 5.97 Å². The van der Waals surface area contributed by atoms with Gasteiger partial charge in [0.15, 0.2) is 11.2 Å². The highest BCUT2D eigenvalue weighted by atomic mass is 35.5. The lowest BCUT2D eigenvalue weighted by Gasteiger charge is -2.36. The number of halogens is 1. The molecule has 1 heterocycles. The molecule has 0 amide bonds. The molecule has 1 saturated heterocycles. The SMILES string of the molecule is COC(=O)C1(C(=O)c2ccc(Cl)cc2)COC1. The summed E-state index contributed by atoms with van der Waals surface area (Å²) in [5.41, 5.74) is -0.745. The highest BCUT2D eigenvalue weighted by molar-refractivity contribution is 6.30. The number of ketones is 1. The molecule has 0 atom stereocenters. The van der Waals surface area contributed by atoms with Crippen LogP contribution in [-0.4, -0.2) is 32.1 Å². The number of esters is 1. The van der Waals surface area contributed by atoms with Crippen molar-refractivity contribution >= 4 is 23.4 Å². The minimum Gasteiger partial charge on any atom is -0.468 e. The average Bonchev–Trinajstić information content (AvgIpc) is 2.28. The molecule has 0 bridgehead atoms. The minimum atomic E-state index is -1.18. The minimum absolute atomic E-state index is 0.0706. The van der Waals surface area contributed by atoms with Crippen molar-refractivity contribution in [2.45, 2.75) is 0 Å². The van der Waals surface area contributed by atoms with E-state index in [0.29, 0.717) is 10.6 Å². The maximum atomic E-state index is 12.2. The zero-order valence-electron chi connectivity index (χ0n) is 9.23. The number of methoxy groups -OCH3 is 1. The van der Waals surface area contributed by atoms with Crippen LogP contribution in [0.15, 0.2) is 24.3 Å². The van der Waals surface area contributed by atoms with E-state index in [-0.39, 0.29) is 19.0 Å². The van der Waals surface area contributed by atoms with Crippen LogP contribution in [0.3, 0.4) is 0 Å². The van der Waals surface area contributed by atoms with Crippen molar-refractivity contribution in [2.75, 3.05) is 20.3 Å². The van der Waals surface area contributed by atoms with Gasteiger partial charge in [0.25, 0.3) is 0 Å². The molecule has 1 aliphatic heterocycles. The Morgan fingerprint density at radius 2 is 1.88 bits per heavy atom. The van der Waals surface area contributed by atoms with Crippen LogP contribution in [0.4, 0.5) is 0 Å². The van der Waals surface area contributed by atoms with Crippen molar-refractivity contribution in [1.29, 1.82) is 0 Å². The van der Waals surface area contributed by atoms with Crippen molar-refractivity contribution < 1.29 is 19.1 Å². The highest BCUT2D eigenvalue weighted by Gasteiger charge is 2.53. The molecule has 17 heavy (non-hydrogen) atoms. The summed E-state index contributed by atoms with van der Waals surface area (Å²) in [5, 5.41) is 0.540. The standard InChI is InChI=1S/C12H11ClO4/c1-16-11(15)12(6-17-7-12)10(14)8-2-4-9(13)5-3-8/h2-5H,6-7H2,1H3. The number of benzene rings is 1. The van der Waals surface area contributed by atoms with E-state index in [1.54, 1.807) is 24.3 Å². The van der Waals surface area contributed by atoms with Crippen LogP contribution in [0.1, 0.15) is 10.4 Å². The first-order valence-corrected chi connectivity index (χ1v) is 5.44. The smallest absolute Gasteiger partial charge is 0.324 e. The molecule has 1 aromatic carbocycles. The van der Waals surface area contributed by atoms with E-state index in [2.05, 4.69) is 4.74 Å². The molecule has 0 aliphatic carbocycles. The summed E-state index contributed by atoms with van der Waals surface area (Å²) in [6.07, 6.45) is 0.